The van der Waals surface area contributed by atoms with Crippen LogP contribution < -0.4 is 11.1 Å². The molecule has 5 heteroatoms. The summed E-state index contributed by atoms with van der Waals surface area (Å²) < 4.78 is 0. The lowest BCUT2D eigenvalue weighted by molar-refractivity contribution is 0.166. The summed E-state index contributed by atoms with van der Waals surface area (Å²) in [6.45, 7) is 3.40. The first-order valence-corrected chi connectivity index (χ1v) is 10.2. The van der Waals surface area contributed by atoms with Crippen molar-refractivity contribution in [3.05, 3.63) is 59.7 Å². The fourth-order valence-corrected chi connectivity index (χ4v) is 4.21. The number of nitrogens with one attached hydrogen (secondary N) is 1. The minimum absolute atomic E-state index is 0.0384. The average Bonchev–Trinajstić information content (AvgIpc) is 2.68. The molecule has 1 aliphatic heterocycles. The molecular weight excluding hydrogens is 342 g/mol. The molecule has 1 saturated heterocycles. The van der Waals surface area contributed by atoms with Crippen LogP contribution in [0.15, 0.2) is 53.4 Å². The smallest absolute Gasteiger partial charge is 0.322 e. The standard InChI is InChI=1S/C21H27N3OS/c1-16-9-11-17(12-10-16)15-26-20-8-3-2-7-19(20)23-21(25)24-13-5-4-6-18(24)14-22/h2-3,7-12,18H,4-6,13-15,22H2,1H3,(H,23,25)/t18-/m1/s1. The van der Waals surface area contributed by atoms with Crippen LogP contribution in [0, 0.1) is 6.92 Å². The number of anilines is 1. The Bertz CT molecular complexity index is 732. The summed E-state index contributed by atoms with van der Waals surface area (Å²) in [4.78, 5) is 15.7. The van der Waals surface area contributed by atoms with E-state index in [-0.39, 0.29) is 12.1 Å². The van der Waals surface area contributed by atoms with Crippen molar-refractivity contribution in [2.75, 3.05) is 18.4 Å². The van der Waals surface area contributed by atoms with E-state index >= 15 is 0 Å². The predicted molar refractivity (Wildman–Crippen MR) is 110 cm³/mol. The van der Waals surface area contributed by atoms with Crippen LogP contribution in [0.4, 0.5) is 10.5 Å². The number of nitrogens with zero attached hydrogens (tertiary/aromatic N) is 1. The Balaban J connectivity index is 1.66. The van der Waals surface area contributed by atoms with Crippen molar-refractivity contribution in [1.29, 1.82) is 0 Å². The van der Waals surface area contributed by atoms with Crippen LogP contribution in [-0.4, -0.2) is 30.1 Å². The zero-order valence-corrected chi connectivity index (χ0v) is 16.1. The van der Waals surface area contributed by atoms with Crippen molar-refractivity contribution < 1.29 is 4.79 Å². The van der Waals surface area contributed by atoms with Gasteiger partial charge in [-0.15, -0.1) is 11.8 Å². The van der Waals surface area contributed by atoms with Crippen LogP contribution >= 0.6 is 11.8 Å². The van der Waals surface area contributed by atoms with Crippen LogP contribution in [0.3, 0.4) is 0 Å². The van der Waals surface area contributed by atoms with Gasteiger partial charge in [0.25, 0.3) is 0 Å². The third kappa shape index (κ3) is 4.80. The fourth-order valence-electron chi connectivity index (χ4n) is 3.24. The summed E-state index contributed by atoms with van der Waals surface area (Å²) in [6, 6.07) is 16.7. The first-order chi connectivity index (χ1) is 12.7. The van der Waals surface area contributed by atoms with Crippen molar-refractivity contribution in [2.45, 2.75) is 42.9 Å². The van der Waals surface area contributed by atoms with Gasteiger partial charge in [-0.05, 0) is 43.9 Å². The first-order valence-electron chi connectivity index (χ1n) is 9.22. The van der Waals surface area contributed by atoms with Gasteiger partial charge in [0.2, 0.25) is 0 Å². The molecule has 4 nitrogen and oxygen atoms in total. The second kappa shape index (κ2) is 9.10. The van der Waals surface area contributed by atoms with Crippen LogP contribution in [0.1, 0.15) is 30.4 Å². The lowest BCUT2D eigenvalue weighted by Gasteiger charge is -2.35. The predicted octanol–water partition coefficient (Wildman–Crippen LogP) is 4.63. The van der Waals surface area contributed by atoms with E-state index in [1.807, 2.05) is 23.1 Å². The molecule has 2 aromatic carbocycles. The molecule has 3 N–H and O–H groups in total. The van der Waals surface area contributed by atoms with Crippen LogP contribution in [0.25, 0.3) is 0 Å². The zero-order chi connectivity index (χ0) is 18.4. The van der Waals surface area contributed by atoms with Crippen molar-refractivity contribution >= 4 is 23.5 Å². The highest BCUT2D eigenvalue weighted by Gasteiger charge is 2.25. The molecule has 1 heterocycles. The van der Waals surface area contributed by atoms with E-state index in [0.717, 1.165) is 42.1 Å². The highest BCUT2D eigenvalue weighted by atomic mass is 32.2. The van der Waals surface area contributed by atoms with E-state index in [1.54, 1.807) is 11.8 Å². The number of benzene rings is 2. The number of hydrogen-bond acceptors (Lipinski definition) is 3. The van der Waals surface area contributed by atoms with Gasteiger partial charge in [0.1, 0.15) is 0 Å². The number of carbonyl (C=O) groups is 1. The van der Waals surface area contributed by atoms with Crippen molar-refractivity contribution in [1.82, 2.24) is 4.90 Å². The topological polar surface area (TPSA) is 58.4 Å². The largest absolute Gasteiger partial charge is 0.328 e. The molecule has 0 spiro atoms. The molecule has 0 unspecified atom stereocenters. The number of thioether (sulfide) groups is 1. The van der Waals surface area contributed by atoms with Crippen LogP contribution in [-0.2, 0) is 5.75 Å². The van der Waals surface area contributed by atoms with Gasteiger partial charge in [0.05, 0.1) is 5.69 Å². The molecule has 2 aromatic rings. The Labute approximate surface area is 160 Å². The highest BCUT2D eigenvalue weighted by Crippen LogP contribution is 2.30. The molecule has 3 rings (SSSR count). The second-order valence-corrected chi connectivity index (χ2v) is 7.80. The maximum absolute atomic E-state index is 12.8. The molecule has 1 aliphatic rings. The number of aryl methyl sites for hydroxylation is 1. The maximum atomic E-state index is 12.8. The minimum Gasteiger partial charge on any atom is -0.328 e. The van der Waals surface area contributed by atoms with Crippen molar-refractivity contribution in [2.24, 2.45) is 5.73 Å². The van der Waals surface area contributed by atoms with Gasteiger partial charge in [-0.1, -0.05) is 42.0 Å². The second-order valence-electron chi connectivity index (χ2n) is 6.78. The molecule has 138 valence electrons. The van der Waals surface area contributed by atoms with E-state index in [9.17, 15) is 4.79 Å². The normalized spacial score (nSPS) is 17.2. The number of nitrogens with two attached hydrogens (primary N) is 1. The molecular formula is C21H27N3OS. The monoisotopic (exact) mass is 369 g/mol. The summed E-state index contributed by atoms with van der Waals surface area (Å²) in [5, 5.41) is 3.10. The minimum atomic E-state index is -0.0384. The SMILES string of the molecule is Cc1ccc(CSc2ccccc2NC(=O)N2CCCC[C@@H]2CN)cc1. The lowest BCUT2D eigenvalue weighted by Crippen LogP contribution is -2.49. The number of para-hydroxylation sites is 1. The zero-order valence-electron chi connectivity index (χ0n) is 15.3. The summed E-state index contributed by atoms with van der Waals surface area (Å²) >= 11 is 1.74. The molecule has 26 heavy (non-hydrogen) atoms. The first kappa shape index (κ1) is 18.8. The number of urea groups is 1. The van der Waals surface area contributed by atoms with Gasteiger partial charge in [0, 0.05) is 29.8 Å². The fraction of sp³-hybridized carbons (Fsp3) is 0.381. The van der Waals surface area contributed by atoms with Gasteiger partial charge >= 0.3 is 6.03 Å². The lowest BCUT2D eigenvalue weighted by atomic mass is 10.0. The average molecular weight is 370 g/mol. The molecule has 0 saturated carbocycles. The van der Waals surface area contributed by atoms with E-state index < -0.39 is 0 Å². The van der Waals surface area contributed by atoms with E-state index in [1.165, 1.54) is 11.1 Å². The van der Waals surface area contributed by atoms with E-state index in [2.05, 4.69) is 42.6 Å². The van der Waals surface area contributed by atoms with Gasteiger partial charge in [-0.25, -0.2) is 4.79 Å². The molecule has 0 aromatic heterocycles. The maximum Gasteiger partial charge on any atom is 0.322 e. The Hall–Kier alpha value is -1.98. The number of rotatable bonds is 5. The summed E-state index contributed by atoms with van der Waals surface area (Å²) in [6.07, 6.45) is 3.19. The summed E-state index contributed by atoms with van der Waals surface area (Å²) in [5.41, 5.74) is 9.27. The van der Waals surface area contributed by atoms with Crippen LogP contribution in [0.2, 0.25) is 0 Å². The number of carbonyl (C=O) groups excluding carboxylic acids is 1. The van der Waals surface area contributed by atoms with E-state index in [0.29, 0.717) is 6.54 Å². The van der Waals surface area contributed by atoms with Gasteiger partial charge in [-0.3, -0.25) is 0 Å². The Morgan fingerprint density at radius 2 is 1.96 bits per heavy atom. The molecule has 1 fully saturated rings. The highest BCUT2D eigenvalue weighted by molar-refractivity contribution is 7.98. The quantitative estimate of drug-likeness (QED) is 0.755. The third-order valence-electron chi connectivity index (χ3n) is 4.80. The molecule has 1 atom stereocenters. The van der Waals surface area contributed by atoms with Gasteiger partial charge in [-0.2, -0.15) is 0 Å². The van der Waals surface area contributed by atoms with Crippen molar-refractivity contribution in [3.63, 3.8) is 0 Å². The van der Waals surface area contributed by atoms with Crippen molar-refractivity contribution in [3.8, 4) is 0 Å². The summed E-state index contributed by atoms with van der Waals surface area (Å²) in [7, 11) is 0. The number of amides is 2. The molecule has 2 amide bonds. The Kier molecular flexibility index (Phi) is 6.58. The number of hydrogen-bond donors (Lipinski definition) is 2. The molecule has 0 bridgehead atoms. The summed E-state index contributed by atoms with van der Waals surface area (Å²) in [5.74, 6) is 0.877. The molecule has 0 aliphatic carbocycles. The Morgan fingerprint density at radius 1 is 1.19 bits per heavy atom. The van der Waals surface area contributed by atoms with E-state index in [4.69, 9.17) is 5.73 Å². The number of likely N-dealkylation sites (tertiary alicyclic amines) is 1. The van der Waals surface area contributed by atoms with Crippen LogP contribution in [0.5, 0.6) is 0 Å². The third-order valence-corrected chi connectivity index (χ3v) is 5.95. The Morgan fingerprint density at radius 3 is 2.73 bits per heavy atom. The number of piperidine rings is 1. The van der Waals surface area contributed by atoms with Gasteiger partial charge in [0.15, 0.2) is 0 Å². The molecule has 0 radical (unpaired) electrons. The van der Waals surface area contributed by atoms with Gasteiger partial charge < -0.3 is 16.0 Å².